The second kappa shape index (κ2) is 12.1. The third-order valence-corrected chi connectivity index (χ3v) is 4.41. The largest absolute Gasteiger partial charge is 0.374 e. The molecule has 1 fully saturated rings. The van der Waals surface area contributed by atoms with Gasteiger partial charge >= 0.3 is 0 Å². The quantitative estimate of drug-likeness (QED) is 0.329. The number of hydrogen-bond donors (Lipinski definition) is 2. The molecule has 0 saturated carbocycles. The fraction of sp³-hybridized carbons (Fsp3) is 0.611. The fourth-order valence-electron chi connectivity index (χ4n) is 2.92. The van der Waals surface area contributed by atoms with Crippen LogP contribution in [-0.2, 0) is 11.3 Å². The molecule has 1 aromatic rings. The maximum Gasteiger partial charge on any atom is 0.191 e. The molecule has 2 rings (SSSR count). The van der Waals surface area contributed by atoms with Crippen LogP contribution in [-0.4, -0.2) is 56.8 Å². The number of nitrogens with one attached hydrogen (secondary N) is 2. The molecule has 0 radical (unpaired) electrons. The van der Waals surface area contributed by atoms with Gasteiger partial charge in [-0.25, -0.2) is 4.39 Å². The zero-order chi connectivity index (χ0) is 18.2. The Kier molecular flexibility index (Phi) is 11.0. The van der Waals surface area contributed by atoms with Crippen LogP contribution in [0.1, 0.15) is 19.4 Å². The van der Waals surface area contributed by atoms with Gasteiger partial charge in [0.05, 0.1) is 12.7 Å². The summed E-state index contributed by atoms with van der Waals surface area (Å²) in [5.41, 5.74) is 0.854. The van der Waals surface area contributed by atoms with E-state index in [4.69, 9.17) is 4.74 Å². The van der Waals surface area contributed by atoms with Gasteiger partial charge < -0.3 is 15.4 Å². The van der Waals surface area contributed by atoms with Crippen LogP contribution in [0.4, 0.5) is 4.39 Å². The lowest BCUT2D eigenvalue weighted by Gasteiger charge is -2.34. The first-order chi connectivity index (χ1) is 12.0. The zero-order valence-electron chi connectivity index (χ0n) is 15.6. The van der Waals surface area contributed by atoms with Crippen LogP contribution in [0.5, 0.6) is 0 Å². The second-order valence-electron chi connectivity index (χ2n) is 6.73. The van der Waals surface area contributed by atoms with Crippen LogP contribution in [0.25, 0.3) is 0 Å². The van der Waals surface area contributed by atoms with E-state index in [1.165, 1.54) is 12.1 Å². The van der Waals surface area contributed by atoms with Crippen molar-refractivity contribution >= 4 is 45.9 Å². The van der Waals surface area contributed by atoms with Gasteiger partial charge in [-0.05, 0) is 29.7 Å². The summed E-state index contributed by atoms with van der Waals surface area (Å²) in [6.07, 6.45) is 0.148. The molecule has 1 aromatic carbocycles. The van der Waals surface area contributed by atoms with Gasteiger partial charge in [0, 0.05) is 44.2 Å². The molecule has 26 heavy (non-hydrogen) atoms. The second-order valence-corrected chi connectivity index (χ2v) is 7.65. The molecule has 148 valence electrons. The molecule has 1 aliphatic heterocycles. The first-order valence-corrected chi connectivity index (χ1v) is 9.49. The van der Waals surface area contributed by atoms with Crippen LogP contribution in [0, 0.1) is 11.7 Å². The minimum Gasteiger partial charge on any atom is -0.374 e. The van der Waals surface area contributed by atoms with E-state index in [0.717, 1.165) is 36.3 Å². The van der Waals surface area contributed by atoms with E-state index in [2.05, 4.69) is 50.3 Å². The van der Waals surface area contributed by atoms with Crippen molar-refractivity contribution in [2.24, 2.45) is 10.9 Å². The number of halogens is 3. The van der Waals surface area contributed by atoms with Crippen molar-refractivity contribution < 1.29 is 9.13 Å². The van der Waals surface area contributed by atoms with Crippen LogP contribution in [0.15, 0.2) is 27.7 Å². The molecule has 1 atom stereocenters. The van der Waals surface area contributed by atoms with Crippen molar-refractivity contribution in [3.63, 3.8) is 0 Å². The molecular formula is C18H29BrFIN4O. The van der Waals surface area contributed by atoms with Gasteiger partial charge in [0.2, 0.25) is 0 Å². The first kappa shape index (κ1) is 23.6. The Morgan fingerprint density at radius 1 is 1.38 bits per heavy atom. The van der Waals surface area contributed by atoms with Crippen LogP contribution < -0.4 is 10.6 Å². The minimum atomic E-state index is -0.255. The number of aliphatic imine (C=N–C) groups is 1. The number of nitrogens with zero attached hydrogens (tertiary/aromatic N) is 2. The van der Waals surface area contributed by atoms with Crippen molar-refractivity contribution in [3.8, 4) is 0 Å². The standard InChI is InChI=1S/C18H28BrFN4O.HI/c1-13(2)11-24-4-5-25-17(12-24)10-23-18(21-3)22-9-14-6-15(19)8-16(20)7-14;/h6-8,13,17H,4-5,9-12H2,1-3H3,(H2,21,22,23);1H. The maximum absolute atomic E-state index is 13.4. The molecule has 1 aliphatic rings. The summed E-state index contributed by atoms with van der Waals surface area (Å²) < 4.78 is 20.0. The topological polar surface area (TPSA) is 48.9 Å². The van der Waals surface area contributed by atoms with E-state index < -0.39 is 0 Å². The Bertz CT molecular complexity index is 568. The van der Waals surface area contributed by atoms with Gasteiger partial charge in [-0.15, -0.1) is 24.0 Å². The van der Waals surface area contributed by atoms with E-state index in [1.807, 2.05) is 6.07 Å². The maximum atomic E-state index is 13.4. The summed E-state index contributed by atoms with van der Waals surface area (Å²) in [5, 5.41) is 6.50. The molecule has 0 aliphatic carbocycles. The van der Waals surface area contributed by atoms with Crippen molar-refractivity contribution in [1.82, 2.24) is 15.5 Å². The average Bonchev–Trinajstić information content (AvgIpc) is 2.54. The number of guanidine groups is 1. The van der Waals surface area contributed by atoms with Gasteiger partial charge in [0.1, 0.15) is 5.82 Å². The van der Waals surface area contributed by atoms with Crippen LogP contribution in [0.2, 0.25) is 0 Å². The molecule has 1 unspecified atom stereocenters. The van der Waals surface area contributed by atoms with Gasteiger partial charge in [0.15, 0.2) is 5.96 Å². The van der Waals surface area contributed by atoms with E-state index in [9.17, 15) is 4.39 Å². The molecule has 0 aromatic heterocycles. The SMILES string of the molecule is CN=C(NCc1cc(F)cc(Br)c1)NCC1CN(CC(C)C)CCO1.I. The summed E-state index contributed by atoms with van der Waals surface area (Å²) in [6, 6.07) is 4.84. The number of rotatable bonds is 6. The molecule has 5 nitrogen and oxygen atoms in total. The lowest BCUT2D eigenvalue weighted by Crippen LogP contribution is -2.50. The normalized spacial score (nSPS) is 18.5. The molecular weight excluding hydrogens is 514 g/mol. The fourth-order valence-corrected chi connectivity index (χ4v) is 3.43. The van der Waals surface area contributed by atoms with Crippen LogP contribution in [0.3, 0.4) is 0 Å². The Labute approximate surface area is 181 Å². The van der Waals surface area contributed by atoms with E-state index in [-0.39, 0.29) is 35.9 Å². The summed E-state index contributed by atoms with van der Waals surface area (Å²) in [5.74, 6) is 1.09. The van der Waals surface area contributed by atoms with Crippen molar-refractivity contribution in [3.05, 3.63) is 34.1 Å². The number of morpholine rings is 1. The number of hydrogen-bond acceptors (Lipinski definition) is 3. The van der Waals surface area contributed by atoms with E-state index in [1.54, 1.807) is 7.05 Å². The Morgan fingerprint density at radius 2 is 2.15 bits per heavy atom. The smallest absolute Gasteiger partial charge is 0.191 e. The van der Waals surface area contributed by atoms with Gasteiger partial charge in [-0.1, -0.05) is 29.8 Å². The average molecular weight is 543 g/mol. The van der Waals surface area contributed by atoms with Gasteiger partial charge in [-0.3, -0.25) is 9.89 Å². The van der Waals surface area contributed by atoms with Crippen molar-refractivity contribution in [2.45, 2.75) is 26.5 Å². The summed E-state index contributed by atoms with van der Waals surface area (Å²) in [7, 11) is 1.73. The van der Waals surface area contributed by atoms with Gasteiger partial charge in [-0.2, -0.15) is 0 Å². The molecule has 0 bridgehead atoms. The predicted molar refractivity (Wildman–Crippen MR) is 119 cm³/mol. The van der Waals surface area contributed by atoms with Crippen LogP contribution >= 0.6 is 39.9 Å². The molecule has 2 N–H and O–H groups in total. The highest BCUT2D eigenvalue weighted by Gasteiger charge is 2.21. The van der Waals surface area contributed by atoms with Crippen molar-refractivity contribution in [1.29, 1.82) is 0 Å². The molecule has 0 spiro atoms. The molecule has 1 saturated heterocycles. The van der Waals surface area contributed by atoms with Crippen molar-refractivity contribution in [2.75, 3.05) is 39.8 Å². The molecule has 1 heterocycles. The Morgan fingerprint density at radius 3 is 2.81 bits per heavy atom. The summed E-state index contributed by atoms with van der Waals surface area (Å²) >= 11 is 3.31. The molecule has 8 heteroatoms. The van der Waals surface area contributed by atoms with E-state index in [0.29, 0.717) is 25.0 Å². The Balaban J connectivity index is 0.00000338. The highest BCUT2D eigenvalue weighted by atomic mass is 127. The Hall–Kier alpha value is -0.450. The lowest BCUT2D eigenvalue weighted by atomic mass is 10.2. The minimum absolute atomic E-state index is 0. The third kappa shape index (κ3) is 8.49. The molecule has 0 amide bonds. The summed E-state index contributed by atoms with van der Waals surface area (Å²) in [6.45, 7) is 9.46. The van der Waals surface area contributed by atoms with E-state index >= 15 is 0 Å². The number of ether oxygens (including phenoxy) is 1. The zero-order valence-corrected chi connectivity index (χ0v) is 19.5. The monoisotopic (exact) mass is 542 g/mol. The highest BCUT2D eigenvalue weighted by molar-refractivity contribution is 14.0. The third-order valence-electron chi connectivity index (χ3n) is 3.95. The predicted octanol–water partition coefficient (Wildman–Crippen LogP) is 3.23. The lowest BCUT2D eigenvalue weighted by molar-refractivity contribution is -0.0284. The summed E-state index contributed by atoms with van der Waals surface area (Å²) in [4.78, 5) is 6.66. The number of benzene rings is 1. The van der Waals surface area contributed by atoms with Gasteiger partial charge in [0.25, 0.3) is 0 Å². The first-order valence-electron chi connectivity index (χ1n) is 8.69. The highest BCUT2D eigenvalue weighted by Crippen LogP contribution is 2.14.